The van der Waals surface area contributed by atoms with Gasteiger partial charge in [0.05, 0.1) is 6.61 Å². The van der Waals surface area contributed by atoms with E-state index in [1.165, 1.54) is 7.11 Å². The maximum Gasteiger partial charge on any atom is 0.356 e. The molecule has 0 aromatic heterocycles. The van der Waals surface area contributed by atoms with Crippen LogP contribution >= 0.6 is 0 Å². The Kier molecular flexibility index (Phi) is 5.08. The van der Waals surface area contributed by atoms with Crippen LogP contribution in [0.2, 0.25) is 0 Å². The first-order valence-electron chi connectivity index (χ1n) is 3.91. The van der Waals surface area contributed by atoms with Crippen molar-refractivity contribution in [2.75, 3.05) is 13.7 Å². The van der Waals surface area contributed by atoms with Crippen LogP contribution in [-0.2, 0) is 14.4 Å². The van der Waals surface area contributed by atoms with E-state index in [4.69, 9.17) is 4.74 Å². The van der Waals surface area contributed by atoms with E-state index in [1.807, 2.05) is 13.8 Å². The Labute approximate surface area is 72.5 Å². The topological polar surface area (TPSA) is 47.9 Å². The van der Waals surface area contributed by atoms with Gasteiger partial charge in [-0.25, -0.2) is 4.79 Å². The Morgan fingerprint density at radius 1 is 1.50 bits per heavy atom. The van der Waals surface area contributed by atoms with Crippen molar-refractivity contribution in [3.63, 3.8) is 0 Å². The van der Waals surface area contributed by atoms with Crippen LogP contribution in [0.15, 0.2) is 5.16 Å². The van der Waals surface area contributed by atoms with E-state index in [-0.39, 0.29) is 5.92 Å². The van der Waals surface area contributed by atoms with Crippen LogP contribution in [0.25, 0.3) is 0 Å². The van der Waals surface area contributed by atoms with Crippen LogP contribution in [0, 0.1) is 5.92 Å². The third-order valence-electron chi connectivity index (χ3n) is 1.22. The molecule has 0 fully saturated rings. The van der Waals surface area contributed by atoms with Gasteiger partial charge in [0.15, 0.2) is 5.71 Å². The zero-order chi connectivity index (χ0) is 9.56. The first-order chi connectivity index (χ1) is 5.63. The third kappa shape index (κ3) is 3.37. The van der Waals surface area contributed by atoms with E-state index in [2.05, 4.69) is 9.99 Å². The smallest absolute Gasteiger partial charge is 0.356 e. The molecule has 4 heteroatoms. The molecule has 0 aliphatic rings. The number of oxime groups is 1. The van der Waals surface area contributed by atoms with Gasteiger partial charge in [-0.15, -0.1) is 0 Å². The highest BCUT2D eigenvalue weighted by Gasteiger charge is 2.17. The molecule has 0 unspecified atom stereocenters. The van der Waals surface area contributed by atoms with Gasteiger partial charge in [-0.05, 0) is 6.92 Å². The molecular formula is C8H15NO3. The fraction of sp³-hybridized carbons (Fsp3) is 0.750. The number of rotatable bonds is 4. The van der Waals surface area contributed by atoms with E-state index >= 15 is 0 Å². The third-order valence-corrected chi connectivity index (χ3v) is 1.22. The number of hydrogen-bond donors (Lipinski definition) is 0. The van der Waals surface area contributed by atoms with Crippen molar-refractivity contribution in [1.29, 1.82) is 0 Å². The molecule has 4 nitrogen and oxygen atoms in total. The summed E-state index contributed by atoms with van der Waals surface area (Å²) in [5.41, 5.74) is 0.319. The summed E-state index contributed by atoms with van der Waals surface area (Å²) in [6, 6.07) is 0. The molecule has 0 spiro atoms. The van der Waals surface area contributed by atoms with Crippen molar-refractivity contribution in [2.45, 2.75) is 20.8 Å². The van der Waals surface area contributed by atoms with E-state index in [0.29, 0.717) is 12.3 Å². The summed E-state index contributed by atoms with van der Waals surface area (Å²) in [5.74, 6) is -0.390. The first-order valence-corrected chi connectivity index (χ1v) is 3.91. The van der Waals surface area contributed by atoms with Crippen LogP contribution in [0.1, 0.15) is 20.8 Å². The fourth-order valence-corrected chi connectivity index (χ4v) is 0.682. The number of hydrogen-bond acceptors (Lipinski definition) is 4. The van der Waals surface area contributed by atoms with Gasteiger partial charge < -0.3 is 9.57 Å². The standard InChI is InChI=1S/C8H15NO3/c1-5-12-8(10)7(6(2)3)9-11-4/h6H,5H2,1-4H3/b9-7-. The average molecular weight is 173 g/mol. The molecule has 0 heterocycles. The Morgan fingerprint density at radius 2 is 2.08 bits per heavy atom. The van der Waals surface area contributed by atoms with Crippen molar-refractivity contribution in [1.82, 2.24) is 0 Å². The molecule has 0 aromatic rings. The predicted molar refractivity (Wildman–Crippen MR) is 45.9 cm³/mol. The molecule has 70 valence electrons. The second-order valence-corrected chi connectivity index (χ2v) is 2.53. The van der Waals surface area contributed by atoms with Crippen LogP contribution in [0.4, 0.5) is 0 Å². The number of esters is 1. The van der Waals surface area contributed by atoms with E-state index in [0.717, 1.165) is 0 Å². The summed E-state index contributed by atoms with van der Waals surface area (Å²) < 4.78 is 4.77. The van der Waals surface area contributed by atoms with E-state index in [1.54, 1.807) is 6.92 Å². The van der Waals surface area contributed by atoms with Crippen molar-refractivity contribution >= 4 is 11.7 Å². The predicted octanol–water partition coefficient (Wildman–Crippen LogP) is 1.21. The summed E-state index contributed by atoms with van der Waals surface area (Å²) in [5, 5.41) is 3.58. The number of carbonyl (C=O) groups excluding carboxylic acids is 1. The van der Waals surface area contributed by atoms with Gasteiger partial charge in [-0.3, -0.25) is 0 Å². The van der Waals surface area contributed by atoms with Crippen molar-refractivity contribution < 1.29 is 14.4 Å². The van der Waals surface area contributed by atoms with Crippen LogP contribution in [-0.4, -0.2) is 25.4 Å². The molecule has 0 aromatic carbocycles. The van der Waals surface area contributed by atoms with Crippen LogP contribution in [0.3, 0.4) is 0 Å². The summed E-state index contributed by atoms with van der Waals surface area (Å²) in [7, 11) is 1.40. The lowest BCUT2D eigenvalue weighted by atomic mass is 10.1. The van der Waals surface area contributed by atoms with Gasteiger partial charge in [0.1, 0.15) is 7.11 Å². The van der Waals surface area contributed by atoms with E-state index < -0.39 is 5.97 Å². The number of carbonyl (C=O) groups is 1. The highest BCUT2D eigenvalue weighted by atomic mass is 16.6. The summed E-state index contributed by atoms with van der Waals surface area (Å²) in [6.45, 7) is 5.82. The maximum absolute atomic E-state index is 11.1. The molecule has 12 heavy (non-hydrogen) atoms. The minimum atomic E-state index is -0.408. The quantitative estimate of drug-likeness (QED) is 0.364. The van der Waals surface area contributed by atoms with Gasteiger partial charge in [0.25, 0.3) is 0 Å². The van der Waals surface area contributed by atoms with Gasteiger partial charge >= 0.3 is 5.97 Å². The largest absolute Gasteiger partial charge is 0.461 e. The minimum Gasteiger partial charge on any atom is -0.461 e. The highest BCUT2D eigenvalue weighted by Crippen LogP contribution is 2.00. The van der Waals surface area contributed by atoms with Gasteiger partial charge in [-0.1, -0.05) is 19.0 Å². The van der Waals surface area contributed by atoms with Gasteiger partial charge in [0, 0.05) is 5.92 Å². The molecule has 0 aliphatic heterocycles. The molecule has 0 radical (unpaired) electrons. The Hall–Kier alpha value is -1.06. The lowest BCUT2D eigenvalue weighted by Crippen LogP contribution is -2.23. The molecule has 0 atom stereocenters. The normalized spacial score (nSPS) is 11.6. The van der Waals surface area contributed by atoms with Gasteiger partial charge in [-0.2, -0.15) is 0 Å². The SMILES string of the molecule is CCOC(=O)/C(=N\OC)C(C)C. The van der Waals surface area contributed by atoms with Crippen molar-refractivity contribution in [3.8, 4) is 0 Å². The average Bonchev–Trinajstić information content (AvgIpc) is 1.99. The second-order valence-electron chi connectivity index (χ2n) is 2.53. The van der Waals surface area contributed by atoms with Crippen molar-refractivity contribution in [3.05, 3.63) is 0 Å². The van der Waals surface area contributed by atoms with Crippen LogP contribution in [0.5, 0.6) is 0 Å². The monoisotopic (exact) mass is 173 g/mol. The van der Waals surface area contributed by atoms with E-state index in [9.17, 15) is 4.79 Å². The Morgan fingerprint density at radius 3 is 2.42 bits per heavy atom. The zero-order valence-corrected chi connectivity index (χ0v) is 7.96. The highest BCUT2D eigenvalue weighted by molar-refractivity contribution is 6.36. The van der Waals surface area contributed by atoms with Crippen molar-refractivity contribution in [2.24, 2.45) is 11.1 Å². The number of nitrogens with zero attached hydrogens (tertiary/aromatic N) is 1. The molecule has 0 rings (SSSR count). The second kappa shape index (κ2) is 5.57. The first kappa shape index (κ1) is 10.9. The Bertz CT molecular complexity index is 175. The van der Waals surface area contributed by atoms with Crippen LogP contribution < -0.4 is 0 Å². The molecule has 0 aliphatic carbocycles. The molecule has 0 saturated heterocycles. The summed E-state index contributed by atoms with van der Waals surface area (Å²) in [6.07, 6.45) is 0. The maximum atomic E-state index is 11.1. The molecule has 0 saturated carbocycles. The lowest BCUT2D eigenvalue weighted by Gasteiger charge is -2.06. The summed E-state index contributed by atoms with van der Waals surface area (Å²) in [4.78, 5) is 15.7. The Balaban J connectivity index is 4.30. The summed E-state index contributed by atoms with van der Waals surface area (Å²) >= 11 is 0. The number of ether oxygens (including phenoxy) is 1. The zero-order valence-electron chi connectivity index (χ0n) is 7.96. The molecular weight excluding hydrogens is 158 g/mol. The fourth-order valence-electron chi connectivity index (χ4n) is 0.682. The minimum absolute atomic E-state index is 0.0176. The molecule has 0 amide bonds. The van der Waals surface area contributed by atoms with Gasteiger partial charge in [0.2, 0.25) is 0 Å². The molecule has 0 bridgehead atoms. The lowest BCUT2D eigenvalue weighted by molar-refractivity contribution is -0.135. The molecule has 0 N–H and O–H groups in total.